The molecule has 1 saturated heterocycles. The zero-order chi connectivity index (χ0) is 30.8. The van der Waals surface area contributed by atoms with Crippen molar-refractivity contribution in [1.82, 2.24) is 0 Å². The number of hydrogen-bond donors (Lipinski definition) is 2. The lowest BCUT2D eigenvalue weighted by Gasteiger charge is -2.24. The minimum absolute atomic E-state index is 0.0247. The van der Waals surface area contributed by atoms with Gasteiger partial charge in [-0.05, 0) is 70.2 Å². The highest BCUT2D eigenvalue weighted by atomic mass is 35.5. The SMILES string of the molecule is CC1(C)OC(COc2ccc(C(=N)OC(=N)Cc3ccc(Cl)c(Oc4cc(Cl)cc(C#N)c4)c3F)c(Cl)c2)C(C)(C)O1. The molecule has 1 unspecified atom stereocenters. The van der Waals surface area contributed by atoms with Gasteiger partial charge in [-0.25, -0.2) is 4.39 Å². The van der Waals surface area contributed by atoms with Gasteiger partial charge in [0.2, 0.25) is 5.90 Å². The summed E-state index contributed by atoms with van der Waals surface area (Å²) in [5.41, 5.74) is -0.0715. The number of ether oxygens (including phenoxy) is 5. The van der Waals surface area contributed by atoms with Crippen LogP contribution in [0.15, 0.2) is 48.5 Å². The van der Waals surface area contributed by atoms with Crippen LogP contribution in [0.4, 0.5) is 4.39 Å². The van der Waals surface area contributed by atoms with E-state index < -0.39 is 29.0 Å². The molecular formula is C30H27Cl3FN3O5. The van der Waals surface area contributed by atoms with Gasteiger partial charge in [-0.15, -0.1) is 0 Å². The number of nitrogens with zero attached hydrogens (tertiary/aromatic N) is 1. The van der Waals surface area contributed by atoms with Gasteiger partial charge in [0.25, 0.3) is 0 Å². The molecule has 1 heterocycles. The van der Waals surface area contributed by atoms with E-state index >= 15 is 4.39 Å². The molecule has 0 bridgehead atoms. The summed E-state index contributed by atoms with van der Waals surface area (Å²) in [6.45, 7) is 7.75. The molecule has 4 rings (SSSR count). The third kappa shape index (κ3) is 7.51. The number of benzene rings is 3. The molecule has 0 spiro atoms. The van der Waals surface area contributed by atoms with Crippen LogP contribution in [-0.4, -0.2) is 35.9 Å². The predicted molar refractivity (Wildman–Crippen MR) is 158 cm³/mol. The van der Waals surface area contributed by atoms with E-state index in [1.807, 2.05) is 33.8 Å². The summed E-state index contributed by atoms with van der Waals surface area (Å²) in [7, 11) is 0. The molecule has 0 amide bonds. The molecule has 1 aliphatic rings. The Labute approximate surface area is 257 Å². The molecule has 3 aromatic rings. The Bertz CT molecular complexity index is 1590. The second-order valence-corrected chi connectivity index (χ2v) is 11.7. The first-order valence-corrected chi connectivity index (χ1v) is 13.8. The average Bonchev–Trinajstić information content (AvgIpc) is 3.12. The average molecular weight is 635 g/mol. The van der Waals surface area contributed by atoms with Crippen molar-refractivity contribution in [2.75, 3.05) is 6.61 Å². The van der Waals surface area contributed by atoms with Crippen molar-refractivity contribution in [1.29, 1.82) is 16.1 Å². The fraction of sp³-hybridized carbons (Fsp3) is 0.300. The Balaban J connectivity index is 1.40. The quantitative estimate of drug-likeness (QED) is 0.190. The Kier molecular flexibility index (Phi) is 9.36. The van der Waals surface area contributed by atoms with Gasteiger partial charge in [0.05, 0.1) is 39.3 Å². The number of nitriles is 1. The van der Waals surface area contributed by atoms with Gasteiger partial charge in [-0.3, -0.25) is 10.8 Å². The highest BCUT2D eigenvalue weighted by molar-refractivity contribution is 6.34. The molecule has 0 saturated carbocycles. The van der Waals surface area contributed by atoms with Crippen LogP contribution < -0.4 is 9.47 Å². The fourth-order valence-corrected chi connectivity index (χ4v) is 5.04. The molecule has 3 aromatic carbocycles. The van der Waals surface area contributed by atoms with Crippen LogP contribution >= 0.6 is 34.8 Å². The molecule has 0 radical (unpaired) electrons. The van der Waals surface area contributed by atoms with Crippen molar-refractivity contribution < 1.29 is 28.1 Å². The third-order valence-electron chi connectivity index (χ3n) is 6.22. The van der Waals surface area contributed by atoms with Crippen molar-refractivity contribution in [2.45, 2.75) is 51.6 Å². The molecular weight excluding hydrogens is 608 g/mol. The van der Waals surface area contributed by atoms with E-state index in [0.717, 1.165) is 0 Å². The lowest BCUT2D eigenvalue weighted by Crippen LogP contribution is -2.37. The molecule has 0 aromatic heterocycles. The van der Waals surface area contributed by atoms with Crippen LogP contribution in [0, 0.1) is 28.0 Å². The Hall–Kier alpha value is -3.39. The highest BCUT2D eigenvalue weighted by Crippen LogP contribution is 2.37. The van der Waals surface area contributed by atoms with Gasteiger partial charge < -0.3 is 23.7 Å². The molecule has 2 N–H and O–H groups in total. The van der Waals surface area contributed by atoms with Crippen LogP contribution in [0.25, 0.3) is 0 Å². The molecule has 12 heteroatoms. The Morgan fingerprint density at radius 2 is 1.74 bits per heavy atom. The second kappa shape index (κ2) is 12.5. The van der Waals surface area contributed by atoms with Gasteiger partial charge in [-0.2, -0.15) is 5.26 Å². The van der Waals surface area contributed by atoms with Gasteiger partial charge in [0.1, 0.15) is 24.2 Å². The molecule has 1 aliphatic heterocycles. The van der Waals surface area contributed by atoms with Crippen LogP contribution in [0.5, 0.6) is 17.2 Å². The molecule has 1 fully saturated rings. The summed E-state index contributed by atoms with van der Waals surface area (Å²) in [6.07, 6.45) is -0.623. The number of halogens is 4. The smallest absolute Gasteiger partial charge is 0.222 e. The summed E-state index contributed by atoms with van der Waals surface area (Å²) in [5, 5.41) is 26.0. The normalized spacial score (nSPS) is 16.9. The second-order valence-electron chi connectivity index (χ2n) is 10.4. The minimum Gasteiger partial charge on any atom is -0.491 e. The van der Waals surface area contributed by atoms with Crippen molar-refractivity contribution in [3.8, 4) is 23.3 Å². The number of nitrogens with one attached hydrogen (secondary N) is 2. The van der Waals surface area contributed by atoms with Crippen molar-refractivity contribution >= 4 is 46.6 Å². The zero-order valence-electron chi connectivity index (χ0n) is 23.1. The predicted octanol–water partition coefficient (Wildman–Crippen LogP) is 8.32. The fourth-order valence-electron chi connectivity index (χ4n) is 4.38. The van der Waals surface area contributed by atoms with Crippen molar-refractivity contribution in [3.63, 3.8) is 0 Å². The van der Waals surface area contributed by atoms with Crippen LogP contribution in [0.2, 0.25) is 15.1 Å². The largest absolute Gasteiger partial charge is 0.491 e. The molecule has 220 valence electrons. The van der Waals surface area contributed by atoms with Gasteiger partial charge in [0.15, 0.2) is 23.3 Å². The Morgan fingerprint density at radius 3 is 2.38 bits per heavy atom. The maximum absolute atomic E-state index is 15.3. The monoisotopic (exact) mass is 633 g/mol. The molecule has 8 nitrogen and oxygen atoms in total. The maximum atomic E-state index is 15.3. The first-order valence-electron chi connectivity index (χ1n) is 12.7. The van der Waals surface area contributed by atoms with E-state index in [0.29, 0.717) is 5.75 Å². The number of rotatable bonds is 8. The first kappa shape index (κ1) is 31.5. The molecule has 1 atom stereocenters. The van der Waals surface area contributed by atoms with Crippen molar-refractivity contribution in [3.05, 3.63) is 86.1 Å². The molecule has 0 aliphatic carbocycles. The van der Waals surface area contributed by atoms with E-state index in [9.17, 15) is 0 Å². The summed E-state index contributed by atoms with van der Waals surface area (Å²) >= 11 is 18.6. The highest BCUT2D eigenvalue weighted by Gasteiger charge is 2.47. The number of hydrogen-bond acceptors (Lipinski definition) is 8. The van der Waals surface area contributed by atoms with E-state index in [2.05, 4.69) is 0 Å². The van der Waals surface area contributed by atoms with Crippen LogP contribution in [-0.2, 0) is 20.6 Å². The minimum atomic E-state index is -0.830. The zero-order valence-corrected chi connectivity index (χ0v) is 25.4. The van der Waals surface area contributed by atoms with Crippen LogP contribution in [0.3, 0.4) is 0 Å². The standard InChI is InChI=1S/C30H27Cl3FN3O5/c1-29(2)24(41-30(3,4)42-29)15-38-19-6-7-21(23(33)13-19)28(37)40-25(36)11-17-5-8-22(32)27(26(17)34)39-20-10-16(14-35)9-18(31)12-20/h5-10,12-13,24,36-37H,11,15H2,1-4H3. The lowest BCUT2D eigenvalue weighted by atomic mass is 10.0. The van der Waals surface area contributed by atoms with Crippen molar-refractivity contribution in [2.24, 2.45) is 0 Å². The van der Waals surface area contributed by atoms with E-state index in [1.165, 1.54) is 42.5 Å². The van der Waals surface area contributed by atoms with E-state index in [4.69, 9.17) is 74.6 Å². The lowest BCUT2D eigenvalue weighted by molar-refractivity contribution is -0.158. The van der Waals surface area contributed by atoms with Gasteiger partial charge in [-0.1, -0.05) is 40.9 Å². The van der Waals surface area contributed by atoms with E-state index in [-0.39, 0.29) is 62.4 Å². The first-order chi connectivity index (χ1) is 19.7. The Morgan fingerprint density at radius 1 is 1.00 bits per heavy atom. The van der Waals surface area contributed by atoms with Gasteiger partial charge >= 0.3 is 0 Å². The maximum Gasteiger partial charge on any atom is 0.222 e. The van der Waals surface area contributed by atoms with Crippen LogP contribution in [0.1, 0.15) is 44.4 Å². The van der Waals surface area contributed by atoms with Gasteiger partial charge in [0, 0.05) is 10.6 Å². The summed E-state index contributed by atoms with van der Waals surface area (Å²) in [4.78, 5) is 0. The summed E-state index contributed by atoms with van der Waals surface area (Å²) in [5.74, 6) is -2.11. The topological polar surface area (TPSA) is 118 Å². The molecule has 42 heavy (non-hydrogen) atoms. The van der Waals surface area contributed by atoms with E-state index in [1.54, 1.807) is 6.07 Å². The third-order valence-corrected chi connectivity index (χ3v) is 7.05. The summed E-state index contributed by atoms with van der Waals surface area (Å²) < 4.78 is 44.0. The summed E-state index contributed by atoms with van der Waals surface area (Å²) in [6, 6.07) is 13.6.